The Hall–Kier alpha value is -5.00. The Morgan fingerprint density at radius 3 is 0.723 bits per heavy atom. The average Bonchev–Trinajstić information content (AvgIpc) is 0.821. The van der Waals surface area contributed by atoms with E-state index in [0.29, 0.717) is 88.3 Å². The number of rotatable bonds is 24. The van der Waals surface area contributed by atoms with E-state index in [1.165, 1.54) is 32.1 Å². The minimum absolute atomic E-state index is 0.125. The summed E-state index contributed by atoms with van der Waals surface area (Å²) in [6.45, 7) is 43.5. The third kappa shape index (κ3) is 28.2. The molecular formula is C72H118N10O6S6. The molecule has 0 saturated carbocycles. The van der Waals surface area contributed by atoms with E-state index in [9.17, 15) is 28.8 Å². The first kappa shape index (κ1) is 87.0. The molecule has 0 radical (unpaired) electrons. The first-order valence-electron chi connectivity index (χ1n) is 33.0. The van der Waals surface area contributed by atoms with Crippen molar-refractivity contribution in [3.8, 4) is 0 Å². The highest BCUT2D eigenvalue weighted by atomic mass is 32.1. The Morgan fingerprint density at radius 2 is 0.468 bits per heavy atom. The molecular weight excluding hydrogens is 1290 g/mol. The zero-order valence-corrected chi connectivity index (χ0v) is 66.2. The lowest BCUT2D eigenvalue weighted by molar-refractivity contribution is 0.358. The van der Waals surface area contributed by atoms with Crippen LogP contribution in [0.3, 0.4) is 0 Å². The fourth-order valence-electron chi connectivity index (χ4n) is 10.1. The quantitative estimate of drug-likeness (QED) is 0.0243. The molecule has 12 N–H and O–H groups in total. The maximum atomic E-state index is 11.2. The van der Waals surface area contributed by atoms with Gasteiger partial charge in [0, 0.05) is 65.5 Å². The van der Waals surface area contributed by atoms with Crippen LogP contribution in [0.25, 0.3) is 0 Å². The highest BCUT2D eigenvalue weighted by Gasteiger charge is 2.24. The van der Waals surface area contributed by atoms with Gasteiger partial charge in [0.15, 0.2) is 0 Å². The van der Waals surface area contributed by atoms with Gasteiger partial charge in [-0.25, -0.2) is 0 Å². The van der Waals surface area contributed by atoms with Gasteiger partial charge in [0.25, 0.3) is 0 Å². The van der Waals surface area contributed by atoms with E-state index in [2.05, 4.69) is 125 Å². The van der Waals surface area contributed by atoms with Crippen LogP contribution in [0.4, 0.5) is 56.9 Å². The minimum atomic E-state index is -0.178. The molecule has 6 aromatic rings. The summed E-state index contributed by atoms with van der Waals surface area (Å²) in [7, 11) is 7.73. The van der Waals surface area contributed by atoms with Crippen LogP contribution < -0.4 is 86.6 Å². The van der Waals surface area contributed by atoms with E-state index >= 15 is 0 Å². The Morgan fingerprint density at radius 1 is 0.255 bits per heavy atom. The lowest BCUT2D eigenvalue weighted by atomic mass is 9.88. The molecule has 22 heteroatoms. The summed E-state index contributed by atoms with van der Waals surface area (Å²) in [5.41, 5.74) is 41.7. The summed E-state index contributed by atoms with van der Waals surface area (Å²) >= 11 is 29.8. The second-order valence-corrected chi connectivity index (χ2v) is 35.1. The van der Waals surface area contributed by atoms with Crippen molar-refractivity contribution in [1.29, 1.82) is 0 Å². The van der Waals surface area contributed by atoms with Crippen molar-refractivity contribution in [3.05, 3.63) is 99.5 Å². The van der Waals surface area contributed by atoms with E-state index < -0.39 is 0 Å². The standard InChI is InChI=1S/C13H22N2OS.C13H21NOS.2C12H20N2OS.C11H18N2OS.C11H17NOS/c1-13(2,3)7-5-6-8-15(4)10-9(14)11(16)12(10)17;1-13(2,3)8-6-4-5-7-9-10(14)11(15)12(9)16;2*1-12(2,3)6-5-7-14(4)9-8(13)10(15)11(9)16;1-11(2,3)5-6-13(4)8-7(12)9(14)10(8)15;1-11(2,3)6-4-5-7-8(12)9(13)10(7)14/h5-8,14H2,1-4H3;4-8,14H2,1-3H3;2*5-7,13H2,1-4H3;5-6,12H2,1-4H3;4-6,12H2,1-3H3. The molecule has 6 aromatic carbocycles. The van der Waals surface area contributed by atoms with Crippen LogP contribution in [-0.2, 0) is 12.8 Å². The van der Waals surface area contributed by atoms with E-state index in [-0.39, 0.29) is 38.0 Å². The monoisotopic (exact) mass is 1410 g/mol. The Kier molecular flexibility index (Phi) is 33.8. The molecule has 6 rings (SSSR count). The molecule has 94 heavy (non-hydrogen) atoms. The van der Waals surface area contributed by atoms with Gasteiger partial charge in [-0.3, -0.25) is 28.8 Å². The van der Waals surface area contributed by atoms with Crippen LogP contribution >= 0.6 is 73.3 Å². The molecule has 0 bridgehead atoms. The van der Waals surface area contributed by atoms with Crippen LogP contribution in [0.5, 0.6) is 0 Å². The zero-order valence-electron chi connectivity index (χ0n) is 61.3. The fraction of sp³-hybridized carbons (Fsp3) is 0.667. The van der Waals surface area contributed by atoms with Gasteiger partial charge in [-0.15, -0.1) is 0 Å². The Bertz CT molecular complexity index is 3780. The van der Waals surface area contributed by atoms with Gasteiger partial charge >= 0.3 is 0 Å². The third-order valence-corrected chi connectivity index (χ3v) is 18.6. The second kappa shape index (κ2) is 36.5. The largest absolute Gasteiger partial charge is 0.395 e. The number of nitrogen functional groups attached to an aromatic ring is 6. The summed E-state index contributed by atoms with van der Waals surface area (Å²) in [6, 6.07) is 0. The molecule has 16 nitrogen and oxygen atoms in total. The lowest BCUT2D eigenvalue weighted by Crippen LogP contribution is -2.30. The summed E-state index contributed by atoms with van der Waals surface area (Å²) in [5, 5.41) is 0. The maximum absolute atomic E-state index is 11.2. The SMILES string of the molecule is CC(C)(C)CCCCCc1c(N)c(=O)c1=S.CC(C)(C)CCCc1c(N)c(=O)c1=S.CN(CCC(C)(C)C)c1c(N)c(=O)c1=S.CN(CCCC(C)(C)C)c1c(N)c(=O)c1=S.CN(CCCC(C)(C)C)c1c(N)c(=O)c1=S.CN(CCCCC(C)(C)C)c1c(N)c(=O)c1=S. The molecule has 0 aliphatic carbocycles. The topological polar surface area (TPSA) is 272 Å². The van der Waals surface area contributed by atoms with Crippen molar-refractivity contribution in [1.82, 2.24) is 0 Å². The Labute approximate surface area is 593 Å². The van der Waals surface area contributed by atoms with Gasteiger partial charge in [-0.2, -0.15) is 0 Å². The van der Waals surface area contributed by atoms with Crippen LogP contribution in [0.15, 0.2) is 28.8 Å². The van der Waals surface area contributed by atoms with Gasteiger partial charge in [0.1, 0.15) is 40.8 Å². The van der Waals surface area contributed by atoms with Gasteiger partial charge < -0.3 is 54.0 Å². The molecule has 528 valence electrons. The number of hydrogen-bond donors (Lipinski definition) is 6. The van der Waals surface area contributed by atoms with E-state index in [0.717, 1.165) is 131 Å². The number of unbranched alkanes of at least 4 members (excludes halogenated alkanes) is 3. The molecule has 0 heterocycles. The van der Waals surface area contributed by atoms with Gasteiger partial charge in [0.2, 0.25) is 32.6 Å². The van der Waals surface area contributed by atoms with Crippen LogP contribution in [0.1, 0.15) is 226 Å². The number of hydrogen-bond acceptors (Lipinski definition) is 22. The fourth-order valence-corrected chi connectivity index (χ4v) is 12.2. The van der Waals surface area contributed by atoms with Crippen molar-refractivity contribution in [2.75, 3.05) is 108 Å². The molecule has 0 unspecified atom stereocenters. The molecule has 0 aromatic heterocycles. The summed E-state index contributed by atoms with van der Waals surface area (Å²) < 4.78 is 2.46. The van der Waals surface area contributed by atoms with E-state index in [4.69, 9.17) is 108 Å². The number of anilines is 10. The van der Waals surface area contributed by atoms with Crippen molar-refractivity contribution in [2.45, 2.75) is 227 Å². The van der Waals surface area contributed by atoms with E-state index in [1.54, 1.807) is 0 Å². The van der Waals surface area contributed by atoms with Crippen LogP contribution in [-0.4, -0.2) is 54.4 Å². The lowest BCUT2D eigenvalue weighted by Gasteiger charge is -2.26. The predicted molar refractivity (Wildman–Crippen MR) is 424 cm³/mol. The molecule has 0 aliphatic rings. The van der Waals surface area contributed by atoms with Crippen molar-refractivity contribution < 1.29 is 0 Å². The van der Waals surface area contributed by atoms with Crippen molar-refractivity contribution in [2.24, 2.45) is 32.5 Å². The predicted octanol–water partition coefficient (Wildman–Crippen LogP) is 16.0. The summed E-state index contributed by atoms with van der Waals surface area (Å²) in [6.07, 6.45) is 17.6. The highest BCUT2D eigenvalue weighted by molar-refractivity contribution is 7.72. The minimum Gasteiger partial charge on any atom is -0.395 e. The molecule has 0 amide bonds. The van der Waals surface area contributed by atoms with Gasteiger partial charge in [0.05, 0.1) is 43.1 Å². The maximum Gasteiger partial charge on any atom is 0.223 e. The van der Waals surface area contributed by atoms with Crippen LogP contribution in [0.2, 0.25) is 0 Å². The van der Waals surface area contributed by atoms with E-state index in [1.807, 2.05) is 47.8 Å². The van der Waals surface area contributed by atoms with Crippen molar-refractivity contribution >= 4 is 130 Å². The average molecular weight is 1410 g/mol. The zero-order chi connectivity index (χ0) is 73.3. The number of nitrogens with zero attached hydrogens (tertiary/aromatic N) is 4. The summed E-state index contributed by atoms with van der Waals surface area (Å²) in [5.74, 6) is 0. The van der Waals surface area contributed by atoms with Gasteiger partial charge in [-0.05, 0) is 116 Å². The number of nitrogens with two attached hydrogens (primary N) is 6. The molecule has 0 fully saturated rings. The normalized spacial score (nSPS) is 12.1. The molecule has 0 spiro atoms. The van der Waals surface area contributed by atoms with Gasteiger partial charge in [-0.1, -0.05) is 217 Å². The highest BCUT2D eigenvalue weighted by Crippen LogP contribution is 2.31. The Balaban J connectivity index is 0.000000564. The van der Waals surface area contributed by atoms with Crippen LogP contribution in [0, 0.1) is 59.6 Å². The molecule has 0 atom stereocenters. The molecule has 0 aliphatic heterocycles. The van der Waals surface area contributed by atoms with Crippen molar-refractivity contribution in [3.63, 3.8) is 0 Å². The summed E-state index contributed by atoms with van der Waals surface area (Å²) in [4.78, 5) is 74.7. The molecule has 0 saturated heterocycles. The first-order valence-corrected chi connectivity index (χ1v) is 35.4. The third-order valence-electron chi connectivity index (χ3n) is 16.2. The first-order chi connectivity index (χ1) is 42.6. The second-order valence-electron chi connectivity index (χ2n) is 32.7. The smallest absolute Gasteiger partial charge is 0.223 e.